The van der Waals surface area contributed by atoms with E-state index in [4.69, 9.17) is 0 Å². The van der Waals surface area contributed by atoms with Gasteiger partial charge in [-0.1, -0.05) is 19.4 Å². The van der Waals surface area contributed by atoms with Crippen LogP contribution in [0.25, 0.3) is 0 Å². The molecule has 4 rings (SSSR count). The van der Waals surface area contributed by atoms with E-state index in [9.17, 15) is 9.90 Å². The van der Waals surface area contributed by atoms with Crippen molar-refractivity contribution in [2.45, 2.75) is 78.2 Å². The molecule has 3 fully saturated rings. The van der Waals surface area contributed by atoms with Gasteiger partial charge in [0.15, 0.2) is 5.78 Å². The van der Waals surface area contributed by atoms with Crippen molar-refractivity contribution in [2.24, 2.45) is 28.6 Å². The van der Waals surface area contributed by atoms with Gasteiger partial charge in [0, 0.05) is 6.42 Å². The van der Waals surface area contributed by atoms with Crippen LogP contribution in [0, 0.1) is 28.6 Å². The number of carbonyl (C=O) groups excluding carboxylic acids is 1. The molecule has 0 aromatic carbocycles. The van der Waals surface area contributed by atoms with Crippen molar-refractivity contribution < 1.29 is 9.90 Å². The van der Waals surface area contributed by atoms with Crippen molar-refractivity contribution in [3.8, 4) is 0 Å². The zero-order valence-electron chi connectivity index (χ0n) is 14.3. The summed E-state index contributed by atoms with van der Waals surface area (Å²) >= 11 is 0. The molecule has 6 atom stereocenters. The number of Topliss-reactive ketones (excluding diaryl/α,β-unsaturated/α-hetero) is 1. The third-order valence-corrected chi connectivity index (χ3v) is 8.36. The first-order chi connectivity index (χ1) is 10.4. The Morgan fingerprint density at radius 1 is 1.00 bits per heavy atom. The zero-order valence-corrected chi connectivity index (χ0v) is 14.3. The number of allylic oxidation sites excluding steroid dienone is 1. The molecular formula is C20H30O2. The van der Waals surface area contributed by atoms with E-state index in [1.54, 1.807) is 0 Å². The number of hydrogen-bond donors (Lipinski definition) is 1. The van der Waals surface area contributed by atoms with Crippen molar-refractivity contribution in [3.05, 3.63) is 11.1 Å². The fraction of sp³-hybridized carbons (Fsp3) is 0.850. The standard InChI is InChI=1S/C20H30O2/c1-12-14-5-4-13-15-6-7-18(22)20(15,3)10-8-16(13)19(14,2)11-9-17(12)21/h13,15-16,18,22H,4-11H2,1-3H3/t13-,15-,16+,18?,19-,20-/m0/s1. The van der Waals surface area contributed by atoms with Gasteiger partial charge in [0.05, 0.1) is 6.10 Å². The Morgan fingerprint density at radius 3 is 2.55 bits per heavy atom. The molecule has 2 heteroatoms. The molecule has 0 aromatic heterocycles. The smallest absolute Gasteiger partial charge is 0.158 e. The molecule has 0 aliphatic heterocycles. The van der Waals surface area contributed by atoms with E-state index in [-0.39, 0.29) is 16.9 Å². The summed E-state index contributed by atoms with van der Waals surface area (Å²) in [5.41, 5.74) is 3.01. The van der Waals surface area contributed by atoms with Gasteiger partial charge in [-0.3, -0.25) is 4.79 Å². The molecule has 22 heavy (non-hydrogen) atoms. The minimum Gasteiger partial charge on any atom is -0.393 e. The quantitative estimate of drug-likeness (QED) is 0.725. The van der Waals surface area contributed by atoms with E-state index in [0.29, 0.717) is 11.7 Å². The summed E-state index contributed by atoms with van der Waals surface area (Å²) in [4.78, 5) is 12.1. The molecule has 1 N–H and O–H groups in total. The van der Waals surface area contributed by atoms with Crippen molar-refractivity contribution in [2.75, 3.05) is 0 Å². The summed E-state index contributed by atoms with van der Waals surface area (Å²) in [5.74, 6) is 2.61. The van der Waals surface area contributed by atoms with Crippen molar-refractivity contribution in [1.82, 2.24) is 0 Å². The predicted octanol–water partition coefficient (Wildman–Crippen LogP) is 4.27. The zero-order chi connectivity index (χ0) is 15.7. The largest absolute Gasteiger partial charge is 0.393 e. The Labute approximate surface area is 134 Å². The van der Waals surface area contributed by atoms with Crippen LogP contribution in [0.1, 0.15) is 72.1 Å². The highest BCUT2D eigenvalue weighted by Gasteiger charge is 2.59. The fourth-order valence-electron chi connectivity index (χ4n) is 6.96. The summed E-state index contributed by atoms with van der Waals surface area (Å²) in [7, 11) is 0. The lowest BCUT2D eigenvalue weighted by molar-refractivity contribution is -0.119. The van der Waals surface area contributed by atoms with Crippen LogP contribution >= 0.6 is 0 Å². The molecule has 0 amide bonds. The predicted molar refractivity (Wildman–Crippen MR) is 87.3 cm³/mol. The highest BCUT2D eigenvalue weighted by atomic mass is 16.3. The SMILES string of the molecule is CC1=C2CC[C@@H]3[C@@H](CC[C@]4(C)C(O)CC[C@@H]34)[C@@]2(C)CCC1=O. The maximum atomic E-state index is 12.1. The Bertz CT molecular complexity index is 548. The van der Waals surface area contributed by atoms with Crippen LogP contribution in [0.4, 0.5) is 0 Å². The second-order valence-electron chi connectivity index (χ2n) is 9.00. The summed E-state index contributed by atoms with van der Waals surface area (Å²) < 4.78 is 0. The summed E-state index contributed by atoms with van der Waals surface area (Å²) in [6.45, 7) is 6.86. The summed E-state index contributed by atoms with van der Waals surface area (Å²) in [6.07, 6.45) is 8.73. The molecular weight excluding hydrogens is 272 g/mol. The van der Waals surface area contributed by atoms with Crippen LogP contribution in [0.2, 0.25) is 0 Å². The minimum absolute atomic E-state index is 0.0853. The number of rotatable bonds is 0. The average Bonchev–Trinajstić information content (AvgIpc) is 2.79. The van der Waals surface area contributed by atoms with Gasteiger partial charge in [0.1, 0.15) is 0 Å². The van der Waals surface area contributed by atoms with Crippen LogP contribution in [0.3, 0.4) is 0 Å². The normalized spacial score (nSPS) is 51.4. The van der Waals surface area contributed by atoms with Crippen LogP contribution in [-0.4, -0.2) is 17.0 Å². The van der Waals surface area contributed by atoms with Crippen LogP contribution in [-0.2, 0) is 4.79 Å². The maximum Gasteiger partial charge on any atom is 0.158 e. The minimum atomic E-state index is -0.0853. The molecule has 2 nitrogen and oxygen atoms in total. The van der Waals surface area contributed by atoms with Gasteiger partial charge in [-0.15, -0.1) is 0 Å². The first-order valence-corrected chi connectivity index (χ1v) is 9.29. The Hall–Kier alpha value is -0.630. The molecule has 0 radical (unpaired) electrons. The van der Waals surface area contributed by atoms with Crippen LogP contribution < -0.4 is 0 Å². The van der Waals surface area contributed by atoms with Gasteiger partial charge in [0.25, 0.3) is 0 Å². The van der Waals surface area contributed by atoms with Gasteiger partial charge in [-0.2, -0.15) is 0 Å². The molecule has 0 aromatic rings. The third-order valence-electron chi connectivity index (χ3n) is 8.36. The van der Waals surface area contributed by atoms with Gasteiger partial charge < -0.3 is 5.11 Å². The van der Waals surface area contributed by atoms with Gasteiger partial charge >= 0.3 is 0 Å². The molecule has 3 saturated carbocycles. The summed E-state index contributed by atoms with van der Waals surface area (Å²) in [6, 6.07) is 0. The molecule has 4 aliphatic rings. The molecule has 0 spiro atoms. The Morgan fingerprint density at radius 2 is 1.77 bits per heavy atom. The second kappa shape index (κ2) is 4.69. The molecule has 0 heterocycles. The first kappa shape index (κ1) is 14.9. The lowest BCUT2D eigenvalue weighted by Crippen LogP contribution is -2.51. The summed E-state index contributed by atoms with van der Waals surface area (Å²) in [5, 5.41) is 10.5. The first-order valence-electron chi connectivity index (χ1n) is 9.29. The van der Waals surface area contributed by atoms with Gasteiger partial charge in [-0.25, -0.2) is 0 Å². The molecule has 122 valence electrons. The van der Waals surface area contributed by atoms with Crippen LogP contribution in [0.5, 0.6) is 0 Å². The highest BCUT2D eigenvalue weighted by molar-refractivity contribution is 5.96. The monoisotopic (exact) mass is 302 g/mol. The third kappa shape index (κ3) is 1.74. The molecule has 0 saturated heterocycles. The van der Waals surface area contributed by atoms with E-state index >= 15 is 0 Å². The van der Waals surface area contributed by atoms with E-state index in [0.717, 1.165) is 43.1 Å². The van der Waals surface area contributed by atoms with Crippen molar-refractivity contribution in [3.63, 3.8) is 0 Å². The average molecular weight is 302 g/mol. The maximum absolute atomic E-state index is 12.1. The number of ketones is 1. The van der Waals surface area contributed by atoms with E-state index in [1.807, 2.05) is 0 Å². The number of fused-ring (bicyclic) bond motifs is 5. The number of aliphatic hydroxyl groups is 1. The molecule has 1 unspecified atom stereocenters. The van der Waals surface area contributed by atoms with Crippen molar-refractivity contribution >= 4 is 5.78 Å². The Kier molecular flexibility index (Phi) is 3.18. The lowest BCUT2D eigenvalue weighted by Gasteiger charge is -2.58. The van der Waals surface area contributed by atoms with E-state index in [1.165, 1.54) is 31.3 Å². The van der Waals surface area contributed by atoms with Gasteiger partial charge in [0.2, 0.25) is 0 Å². The van der Waals surface area contributed by atoms with E-state index < -0.39 is 0 Å². The molecule has 4 aliphatic carbocycles. The number of hydrogen-bond acceptors (Lipinski definition) is 2. The number of carbonyl (C=O) groups is 1. The topological polar surface area (TPSA) is 37.3 Å². The fourth-order valence-corrected chi connectivity index (χ4v) is 6.96. The van der Waals surface area contributed by atoms with E-state index in [2.05, 4.69) is 20.8 Å². The van der Waals surface area contributed by atoms with Gasteiger partial charge in [-0.05, 0) is 86.0 Å². The second-order valence-corrected chi connectivity index (χ2v) is 9.00. The lowest BCUT2D eigenvalue weighted by atomic mass is 9.47. The Balaban J connectivity index is 1.72. The number of aliphatic hydroxyl groups excluding tert-OH is 1. The van der Waals surface area contributed by atoms with Crippen molar-refractivity contribution in [1.29, 1.82) is 0 Å². The highest BCUT2D eigenvalue weighted by Crippen LogP contribution is 2.65. The molecule has 0 bridgehead atoms. The van der Waals surface area contributed by atoms with Crippen LogP contribution in [0.15, 0.2) is 11.1 Å².